The van der Waals surface area contributed by atoms with E-state index in [-0.39, 0.29) is 5.16 Å². The van der Waals surface area contributed by atoms with Crippen molar-refractivity contribution < 1.29 is 8.42 Å². The first kappa shape index (κ1) is 12.4. The second kappa shape index (κ2) is 4.49. The van der Waals surface area contributed by atoms with Crippen LogP contribution in [0, 0.1) is 5.92 Å². The van der Waals surface area contributed by atoms with Crippen LogP contribution in [0.15, 0.2) is 5.16 Å². The van der Waals surface area contributed by atoms with E-state index >= 15 is 0 Å². The van der Waals surface area contributed by atoms with Crippen molar-refractivity contribution >= 4 is 19.7 Å². The summed E-state index contributed by atoms with van der Waals surface area (Å²) in [5.74, 6) is 1.18. The van der Waals surface area contributed by atoms with Gasteiger partial charge in [0.25, 0.3) is 14.2 Å². The number of hydrogen-bond acceptors (Lipinski definition) is 4. The monoisotopic (exact) mass is 251 g/mol. The molecule has 1 heterocycles. The minimum atomic E-state index is -3.79. The zero-order chi connectivity index (χ0) is 11.6. The van der Waals surface area contributed by atoms with Crippen LogP contribution in [0.2, 0.25) is 0 Å². The summed E-state index contributed by atoms with van der Waals surface area (Å²) < 4.78 is 23.5. The molecule has 0 atom stereocenters. The van der Waals surface area contributed by atoms with Gasteiger partial charge in [-0.25, -0.2) is 8.42 Å². The molecule has 86 valence electrons. The Hall–Kier alpha value is -0.620. The molecule has 0 aliphatic rings. The lowest BCUT2D eigenvalue weighted by atomic mass is 10.1. The fourth-order valence-electron chi connectivity index (χ4n) is 1.19. The molecule has 0 fully saturated rings. The summed E-state index contributed by atoms with van der Waals surface area (Å²) in [6, 6.07) is 0. The lowest BCUT2D eigenvalue weighted by molar-refractivity contribution is 0.558. The molecule has 0 aliphatic carbocycles. The summed E-state index contributed by atoms with van der Waals surface area (Å²) in [5.41, 5.74) is 0. The summed E-state index contributed by atoms with van der Waals surface area (Å²) in [5, 5.41) is 7.17. The highest BCUT2D eigenvalue weighted by atomic mass is 35.7. The molecule has 15 heavy (non-hydrogen) atoms. The fourth-order valence-corrected chi connectivity index (χ4v) is 2.17. The topological polar surface area (TPSA) is 64.8 Å². The Labute approximate surface area is 93.9 Å². The third-order valence-electron chi connectivity index (χ3n) is 2.09. The van der Waals surface area contributed by atoms with Gasteiger partial charge in [0, 0.05) is 24.2 Å². The first-order valence-electron chi connectivity index (χ1n) is 4.65. The quantitative estimate of drug-likeness (QED) is 0.758. The summed E-state index contributed by atoms with van der Waals surface area (Å²) in [6.45, 7) is 4.19. The van der Waals surface area contributed by atoms with Crippen LogP contribution >= 0.6 is 10.7 Å². The standard InChI is InChI=1S/C8H14ClN3O2S/c1-6(2)4-5-7-10-11-8(12(7)3)15(9,13)14/h6H,4-5H2,1-3H3. The van der Waals surface area contributed by atoms with E-state index in [9.17, 15) is 8.42 Å². The summed E-state index contributed by atoms with van der Waals surface area (Å²) in [7, 11) is 3.00. The maximum Gasteiger partial charge on any atom is 0.296 e. The Morgan fingerprint density at radius 3 is 2.40 bits per heavy atom. The van der Waals surface area contributed by atoms with Crippen molar-refractivity contribution in [2.45, 2.75) is 31.8 Å². The van der Waals surface area contributed by atoms with Crippen LogP contribution in [0.5, 0.6) is 0 Å². The van der Waals surface area contributed by atoms with Gasteiger partial charge in [-0.2, -0.15) is 0 Å². The Morgan fingerprint density at radius 2 is 2.00 bits per heavy atom. The Morgan fingerprint density at radius 1 is 1.40 bits per heavy atom. The molecule has 0 N–H and O–H groups in total. The number of hydrogen-bond donors (Lipinski definition) is 0. The van der Waals surface area contributed by atoms with E-state index in [4.69, 9.17) is 10.7 Å². The Kier molecular flexibility index (Phi) is 3.72. The van der Waals surface area contributed by atoms with Crippen molar-refractivity contribution in [1.29, 1.82) is 0 Å². The van der Waals surface area contributed by atoms with E-state index in [1.165, 1.54) is 4.57 Å². The van der Waals surface area contributed by atoms with Crippen molar-refractivity contribution in [1.82, 2.24) is 14.8 Å². The van der Waals surface area contributed by atoms with E-state index in [1.807, 2.05) is 0 Å². The average Bonchev–Trinajstić information content (AvgIpc) is 2.42. The Bertz CT molecular complexity index is 439. The molecule has 0 unspecified atom stereocenters. The van der Waals surface area contributed by atoms with Gasteiger partial charge in [0.2, 0.25) is 0 Å². The maximum atomic E-state index is 11.0. The van der Waals surface area contributed by atoms with E-state index < -0.39 is 9.05 Å². The highest BCUT2D eigenvalue weighted by molar-refractivity contribution is 8.13. The molecular weight excluding hydrogens is 238 g/mol. The molecular formula is C8H14ClN3O2S. The molecule has 1 aromatic heterocycles. The maximum absolute atomic E-state index is 11.0. The van der Waals surface area contributed by atoms with Crippen molar-refractivity contribution in [2.75, 3.05) is 0 Å². The minimum Gasteiger partial charge on any atom is -0.304 e. The molecule has 0 aliphatic heterocycles. The number of aromatic nitrogens is 3. The van der Waals surface area contributed by atoms with Gasteiger partial charge in [-0.15, -0.1) is 10.2 Å². The molecule has 5 nitrogen and oxygen atoms in total. The van der Waals surface area contributed by atoms with Gasteiger partial charge in [-0.1, -0.05) is 13.8 Å². The highest BCUT2D eigenvalue weighted by Gasteiger charge is 2.19. The summed E-state index contributed by atoms with van der Waals surface area (Å²) in [4.78, 5) is 0. The second-order valence-electron chi connectivity index (χ2n) is 3.83. The van der Waals surface area contributed by atoms with Gasteiger partial charge >= 0.3 is 0 Å². The van der Waals surface area contributed by atoms with Gasteiger partial charge in [0.1, 0.15) is 5.82 Å². The first-order chi connectivity index (χ1) is 6.82. The van der Waals surface area contributed by atoms with E-state index in [0.29, 0.717) is 18.2 Å². The predicted molar refractivity (Wildman–Crippen MR) is 57.2 cm³/mol. The molecule has 1 rings (SSSR count). The van der Waals surface area contributed by atoms with Gasteiger partial charge in [0.15, 0.2) is 0 Å². The van der Waals surface area contributed by atoms with Crippen LogP contribution in [0.4, 0.5) is 0 Å². The average molecular weight is 252 g/mol. The molecule has 0 saturated carbocycles. The lowest BCUT2D eigenvalue weighted by Crippen LogP contribution is -2.05. The van der Waals surface area contributed by atoms with Crippen LogP contribution in [0.25, 0.3) is 0 Å². The lowest BCUT2D eigenvalue weighted by Gasteiger charge is -2.04. The molecule has 0 spiro atoms. The van der Waals surface area contributed by atoms with E-state index in [1.54, 1.807) is 7.05 Å². The third-order valence-corrected chi connectivity index (χ3v) is 3.29. The molecule has 0 radical (unpaired) electrons. The van der Waals surface area contributed by atoms with Gasteiger partial charge in [0.05, 0.1) is 0 Å². The number of nitrogens with zero attached hydrogens (tertiary/aromatic N) is 3. The zero-order valence-corrected chi connectivity index (χ0v) is 10.5. The van der Waals surface area contributed by atoms with Gasteiger partial charge in [-0.3, -0.25) is 0 Å². The summed E-state index contributed by atoms with van der Waals surface area (Å²) in [6.07, 6.45) is 1.64. The van der Waals surface area contributed by atoms with Crippen molar-refractivity contribution in [2.24, 2.45) is 13.0 Å². The molecule has 0 aromatic carbocycles. The van der Waals surface area contributed by atoms with Gasteiger partial charge < -0.3 is 4.57 Å². The summed E-state index contributed by atoms with van der Waals surface area (Å²) >= 11 is 0. The van der Waals surface area contributed by atoms with E-state index in [2.05, 4.69) is 24.0 Å². The zero-order valence-electron chi connectivity index (χ0n) is 8.94. The molecule has 0 saturated heterocycles. The minimum absolute atomic E-state index is 0.192. The highest BCUT2D eigenvalue weighted by Crippen LogP contribution is 2.14. The molecule has 1 aromatic rings. The van der Waals surface area contributed by atoms with Crippen LogP contribution < -0.4 is 0 Å². The SMILES string of the molecule is CC(C)CCc1nnc(S(=O)(=O)Cl)n1C. The number of aryl methyl sites for hydroxylation is 1. The van der Waals surface area contributed by atoms with Crippen molar-refractivity contribution in [3.8, 4) is 0 Å². The van der Waals surface area contributed by atoms with E-state index in [0.717, 1.165) is 6.42 Å². The van der Waals surface area contributed by atoms with Crippen LogP contribution in [-0.4, -0.2) is 23.2 Å². The fraction of sp³-hybridized carbons (Fsp3) is 0.750. The third kappa shape index (κ3) is 3.17. The Balaban J connectivity index is 2.90. The number of rotatable bonds is 4. The molecule has 0 amide bonds. The van der Waals surface area contributed by atoms with Crippen molar-refractivity contribution in [3.05, 3.63) is 5.82 Å². The van der Waals surface area contributed by atoms with Crippen molar-refractivity contribution in [3.63, 3.8) is 0 Å². The normalized spacial score (nSPS) is 12.3. The smallest absolute Gasteiger partial charge is 0.296 e. The molecule has 0 bridgehead atoms. The molecule has 7 heteroatoms. The predicted octanol–water partition coefficient (Wildman–Crippen LogP) is 1.33. The van der Waals surface area contributed by atoms with Gasteiger partial charge in [-0.05, 0) is 12.3 Å². The first-order valence-corrected chi connectivity index (χ1v) is 6.96. The van der Waals surface area contributed by atoms with Crippen LogP contribution in [0.3, 0.4) is 0 Å². The van der Waals surface area contributed by atoms with Crippen LogP contribution in [-0.2, 0) is 22.5 Å². The number of halogens is 1. The van der Waals surface area contributed by atoms with Crippen LogP contribution in [0.1, 0.15) is 26.1 Å². The second-order valence-corrected chi connectivity index (χ2v) is 6.29. The largest absolute Gasteiger partial charge is 0.304 e.